The van der Waals surface area contributed by atoms with Crippen molar-refractivity contribution in [2.24, 2.45) is 5.92 Å². The number of hydrogen-bond donors (Lipinski definition) is 1. The Bertz CT molecular complexity index is 1120. The largest absolute Gasteiger partial charge is 0.465 e. The maximum atomic E-state index is 12.2. The first-order valence-corrected chi connectivity index (χ1v) is 9.52. The number of benzene rings is 1. The van der Waals surface area contributed by atoms with Gasteiger partial charge in [0.25, 0.3) is 0 Å². The van der Waals surface area contributed by atoms with E-state index in [1.807, 2.05) is 26.0 Å². The van der Waals surface area contributed by atoms with Crippen molar-refractivity contribution in [2.75, 3.05) is 12.4 Å². The van der Waals surface area contributed by atoms with Crippen LogP contribution in [0.3, 0.4) is 0 Å². The van der Waals surface area contributed by atoms with Crippen LogP contribution in [0.25, 0.3) is 16.8 Å². The first-order chi connectivity index (χ1) is 13.8. The first kappa shape index (κ1) is 20.3. The third kappa shape index (κ3) is 3.66. The molecule has 2 aromatic heterocycles. The van der Waals surface area contributed by atoms with Crippen molar-refractivity contribution in [2.45, 2.75) is 40.7 Å². The lowest BCUT2D eigenvalue weighted by molar-refractivity contribution is 0.0602. The van der Waals surface area contributed by atoms with E-state index in [0.717, 1.165) is 28.2 Å². The predicted molar refractivity (Wildman–Crippen MR) is 112 cm³/mol. The zero-order chi connectivity index (χ0) is 21.3. The Balaban J connectivity index is 2.33. The molecule has 0 aliphatic rings. The van der Waals surface area contributed by atoms with Crippen molar-refractivity contribution in [3.63, 3.8) is 0 Å². The van der Waals surface area contributed by atoms with E-state index >= 15 is 0 Å². The van der Waals surface area contributed by atoms with Gasteiger partial charge in [-0.15, -0.1) is 0 Å². The Morgan fingerprint density at radius 2 is 2.00 bits per heavy atom. The van der Waals surface area contributed by atoms with Crippen LogP contribution in [0.2, 0.25) is 0 Å². The SMILES string of the molecule is COC(=O)c1cnn2c(N[C@H](C)C(C)C)c(-c3ccc(C#N)cc3C)c(C)nc12. The van der Waals surface area contributed by atoms with Gasteiger partial charge in [-0.3, -0.25) is 0 Å². The van der Waals surface area contributed by atoms with Gasteiger partial charge in [0.1, 0.15) is 11.4 Å². The monoisotopic (exact) mass is 391 g/mol. The molecule has 0 fully saturated rings. The number of nitrogens with one attached hydrogen (secondary N) is 1. The highest BCUT2D eigenvalue weighted by Gasteiger charge is 2.23. The number of aryl methyl sites for hydroxylation is 2. The van der Waals surface area contributed by atoms with E-state index in [9.17, 15) is 10.1 Å². The second kappa shape index (κ2) is 7.92. The van der Waals surface area contributed by atoms with E-state index < -0.39 is 5.97 Å². The van der Waals surface area contributed by atoms with E-state index in [4.69, 9.17) is 4.74 Å². The van der Waals surface area contributed by atoms with Gasteiger partial charge in [-0.1, -0.05) is 19.9 Å². The van der Waals surface area contributed by atoms with Gasteiger partial charge in [-0.05, 0) is 49.9 Å². The normalized spacial score (nSPS) is 12.1. The summed E-state index contributed by atoms with van der Waals surface area (Å²) in [6, 6.07) is 7.92. The topological polar surface area (TPSA) is 92.3 Å². The number of fused-ring (bicyclic) bond motifs is 1. The van der Waals surface area contributed by atoms with Crippen molar-refractivity contribution in [3.8, 4) is 17.2 Å². The average Bonchev–Trinajstić information content (AvgIpc) is 3.11. The molecule has 7 nitrogen and oxygen atoms in total. The smallest absolute Gasteiger partial charge is 0.343 e. The lowest BCUT2D eigenvalue weighted by Gasteiger charge is -2.23. The Morgan fingerprint density at radius 1 is 1.28 bits per heavy atom. The van der Waals surface area contributed by atoms with Crippen LogP contribution in [0.15, 0.2) is 24.4 Å². The van der Waals surface area contributed by atoms with Gasteiger partial charge in [-0.2, -0.15) is 14.9 Å². The first-order valence-electron chi connectivity index (χ1n) is 9.52. The maximum absolute atomic E-state index is 12.2. The molecule has 3 aromatic rings. The summed E-state index contributed by atoms with van der Waals surface area (Å²) in [7, 11) is 1.34. The Hall–Kier alpha value is -3.40. The molecule has 0 spiro atoms. The number of anilines is 1. The molecule has 1 N–H and O–H groups in total. The summed E-state index contributed by atoms with van der Waals surface area (Å²) in [5.41, 5.74) is 4.95. The molecule has 0 bridgehead atoms. The number of carbonyl (C=O) groups is 1. The molecule has 0 aliphatic carbocycles. The fourth-order valence-corrected chi connectivity index (χ4v) is 3.21. The van der Waals surface area contributed by atoms with Crippen LogP contribution in [0.1, 0.15) is 48.0 Å². The molecule has 29 heavy (non-hydrogen) atoms. The van der Waals surface area contributed by atoms with Gasteiger partial charge in [-0.25, -0.2) is 9.78 Å². The molecule has 2 heterocycles. The summed E-state index contributed by atoms with van der Waals surface area (Å²) in [4.78, 5) is 16.8. The van der Waals surface area contributed by atoms with Gasteiger partial charge in [0.15, 0.2) is 5.65 Å². The molecule has 0 saturated carbocycles. The third-order valence-electron chi connectivity index (χ3n) is 5.22. The van der Waals surface area contributed by atoms with Crippen LogP contribution in [-0.4, -0.2) is 33.7 Å². The fraction of sp³-hybridized carbons (Fsp3) is 0.364. The van der Waals surface area contributed by atoms with Crippen molar-refractivity contribution in [1.29, 1.82) is 5.26 Å². The molecule has 3 rings (SSSR count). The highest BCUT2D eigenvalue weighted by Crippen LogP contribution is 2.35. The van der Waals surface area contributed by atoms with Crippen molar-refractivity contribution in [1.82, 2.24) is 14.6 Å². The predicted octanol–water partition coefficient (Wildman–Crippen LogP) is 4.13. The molecule has 0 aliphatic heterocycles. The summed E-state index contributed by atoms with van der Waals surface area (Å²) in [5, 5.41) is 17.2. The Morgan fingerprint density at radius 3 is 2.59 bits per heavy atom. The molecule has 0 unspecified atom stereocenters. The average molecular weight is 391 g/mol. The van der Waals surface area contributed by atoms with Crippen molar-refractivity contribution >= 4 is 17.4 Å². The second-order valence-corrected chi connectivity index (χ2v) is 7.52. The summed E-state index contributed by atoms with van der Waals surface area (Å²) >= 11 is 0. The van der Waals surface area contributed by atoms with E-state index in [1.54, 1.807) is 10.6 Å². The molecular formula is C22H25N5O2. The standard InChI is InChI=1S/C22H25N5O2/c1-12(2)14(4)25-21-19(17-8-7-16(10-23)9-13(17)3)15(5)26-20-18(22(28)29-6)11-24-27(20)21/h7-9,11-12,14,25H,1-6H3/t14-/m1/s1. The van der Waals surface area contributed by atoms with E-state index in [0.29, 0.717) is 22.7 Å². The van der Waals surface area contributed by atoms with Crippen LogP contribution in [0.5, 0.6) is 0 Å². The van der Waals surface area contributed by atoms with Gasteiger partial charge >= 0.3 is 5.97 Å². The number of nitrogens with zero attached hydrogens (tertiary/aromatic N) is 4. The van der Waals surface area contributed by atoms with Crippen LogP contribution in [0.4, 0.5) is 5.82 Å². The molecule has 150 valence electrons. The molecular weight excluding hydrogens is 366 g/mol. The molecule has 1 aromatic carbocycles. The summed E-state index contributed by atoms with van der Waals surface area (Å²) in [6.07, 6.45) is 1.48. The molecule has 0 radical (unpaired) electrons. The minimum absolute atomic E-state index is 0.156. The van der Waals surface area contributed by atoms with E-state index in [2.05, 4.69) is 42.2 Å². The molecule has 1 atom stereocenters. The quantitative estimate of drug-likeness (QED) is 0.658. The second-order valence-electron chi connectivity index (χ2n) is 7.52. The highest BCUT2D eigenvalue weighted by molar-refractivity contribution is 5.96. The Labute approximate surface area is 170 Å². The maximum Gasteiger partial charge on any atom is 0.343 e. The van der Waals surface area contributed by atoms with Gasteiger partial charge in [0, 0.05) is 11.6 Å². The number of ether oxygens (including phenoxy) is 1. The third-order valence-corrected chi connectivity index (χ3v) is 5.22. The summed E-state index contributed by atoms with van der Waals surface area (Å²) in [5.74, 6) is 0.665. The van der Waals surface area contributed by atoms with E-state index in [-0.39, 0.29) is 6.04 Å². The summed E-state index contributed by atoms with van der Waals surface area (Å²) < 4.78 is 6.54. The summed E-state index contributed by atoms with van der Waals surface area (Å²) in [6.45, 7) is 10.3. The van der Waals surface area contributed by atoms with Gasteiger partial charge < -0.3 is 10.1 Å². The van der Waals surface area contributed by atoms with Gasteiger partial charge in [0.2, 0.25) is 0 Å². The number of nitriles is 1. The number of aromatic nitrogens is 3. The van der Waals surface area contributed by atoms with Crippen molar-refractivity contribution < 1.29 is 9.53 Å². The minimum atomic E-state index is -0.475. The lowest BCUT2D eigenvalue weighted by atomic mass is 9.97. The number of carbonyl (C=O) groups excluding carboxylic acids is 1. The lowest BCUT2D eigenvalue weighted by Crippen LogP contribution is -2.24. The van der Waals surface area contributed by atoms with Crippen LogP contribution in [-0.2, 0) is 4.74 Å². The minimum Gasteiger partial charge on any atom is -0.465 e. The zero-order valence-electron chi connectivity index (χ0n) is 17.6. The number of rotatable bonds is 5. The molecule has 0 saturated heterocycles. The number of esters is 1. The van der Waals surface area contributed by atoms with Crippen LogP contribution >= 0.6 is 0 Å². The van der Waals surface area contributed by atoms with Crippen molar-refractivity contribution in [3.05, 3.63) is 46.8 Å². The van der Waals surface area contributed by atoms with Crippen LogP contribution < -0.4 is 5.32 Å². The Kier molecular flexibility index (Phi) is 5.55. The molecule has 7 heteroatoms. The number of methoxy groups -OCH3 is 1. The van der Waals surface area contributed by atoms with E-state index in [1.165, 1.54) is 13.3 Å². The zero-order valence-corrected chi connectivity index (χ0v) is 17.6. The molecule has 0 amide bonds. The van der Waals surface area contributed by atoms with Gasteiger partial charge in [0.05, 0.1) is 30.6 Å². The highest BCUT2D eigenvalue weighted by atomic mass is 16.5. The van der Waals surface area contributed by atoms with Crippen LogP contribution in [0, 0.1) is 31.1 Å². The number of hydrogen-bond acceptors (Lipinski definition) is 6. The fourth-order valence-electron chi connectivity index (χ4n) is 3.21.